The van der Waals surface area contributed by atoms with Crippen molar-refractivity contribution in [3.8, 4) is 0 Å². The first-order valence-corrected chi connectivity index (χ1v) is 21.9. The minimum atomic E-state index is -4.36. The molecule has 0 bridgehead atoms. The number of allylic oxidation sites excluding steroid dienone is 2. The smallest absolute Gasteiger partial charge is 0.462 e. The molecule has 10 heteroatoms. The van der Waals surface area contributed by atoms with E-state index in [4.69, 9.17) is 18.5 Å². The van der Waals surface area contributed by atoms with Crippen molar-refractivity contribution in [3.63, 3.8) is 0 Å². The van der Waals surface area contributed by atoms with Crippen LogP contribution in [-0.2, 0) is 32.7 Å². The Morgan fingerprint density at radius 3 is 1.54 bits per heavy atom. The third-order valence-corrected chi connectivity index (χ3v) is 9.78. The normalized spacial score (nSPS) is 13.8. The lowest BCUT2D eigenvalue weighted by Crippen LogP contribution is -2.37. The summed E-state index contributed by atoms with van der Waals surface area (Å²) in [7, 11) is 1.48. The fourth-order valence-electron chi connectivity index (χ4n) is 5.52. The molecule has 0 aromatic heterocycles. The highest BCUT2D eigenvalue weighted by Gasteiger charge is 2.27. The predicted octanol–water partition coefficient (Wildman–Crippen LogP) is 11.0. The second kappa shape index (κ2) is 33.6. The number of phosphoric acid groups is 1. The molecule has 0 heterocycles. The van der Waals surface area contributed by atoms with E-state index in [0.29, 0.717) is 17.4 Å². The van der Waals surface area contributed by atoms with Crippen LogP contribution in [0.3, 0.4) is 0 Å². The standard InChI is InChI=1S/C40H78NO8P/c1-6-8-10-12-14-16-18-19-20-21-23-25-27-29-31-33-40(43)49-38(37-48-50(44,45)47-35-34-41(3,4)5)36-46-39(42)32-30-28-26-24-22-17-15-13-11-9-7-2/h13,15,38H,6-12,14,16-37H2,1-5H3/p+1/b15-13+/t38-/m1/s1. The monoisotopic (exact) mass is 733 g/mol. The minimum Gasteiger partial charge on any atom is -0.462 e. The van der Waals surface area contributed by atoms with E-state index >= 15 is 0 Å². The van der Waals surface area contributed by atoms with Crippen LogP contribution in [0.25, 0.3) is 0 Å². The number of hydrogen-bond donors (Lipinski definition) is 1. The maximum Gasteiger partial charge on any atom is 0.472 e. The van der Waals surface area contributed by atoms with Crippen molar-refractivity contribution in [2.75, 3.05) is 47.5 Å². The Bertz CT molecular complexity index is 876. The average molecular weight is 733 g/mol. The quantitative estimate of drug-likeness (QED) is 0.0221. The molecule has 2 atom stereocenters. The molecule has 1 unspecified atom stereocenters. The Hall–Kier alpha value is -1.25. The van der Waals surface area contributed by atoms with E-state index in [-0.39, 0.29) is 32.0 Å². The number of ether oxygens (including phenoxy) is 2. The van der Waals surface area contributed by atoms with Crippen LogP contribution in [0.2, 0.25) is 0 Å². The highest BCUT2D eigenvalue weighted by atomic mass is 31.2. The van der Waals surface area contributed by atoms with Crippen molar-refractivity contribution in [1.82, 2.24) is 0 Å². The van der Waals surface area contributed by atoms with Gasteiger partial charge in [0.25, 0.3) is 0 Å². The molecule has 0 saturated carbocycles. The second-order valence-electron chi connectivity index (χ2n) is 15.0. The van der Waals surface area contributed by atoms with Gasteiger partial charge in [-0.1, -0.05) is 148 Å². The average Bonchev–Trinajstić information content (AvgIpc) is 3.06. The van der Waals surface area contributed by atoms with Crippen molar-refractivity contribution in [2.24, 2.45) is 0 Å². The molecule has 0 aromatic rings. The number of quaternary nitrogens is 1. The number of carbonyl (C=O) groups is 2. The van der Waals surface area contributed by atoms with Crippen LogP contribution in [0.5, 0.6) is 0 Å². The molecule has 296 valence electrons. The Morgan fingerprint density at radius 2 is 1.04 bits per heavy atom. The molecule has 1 N–H and O–H groups in total. The molecular formula is C40H79NO8P+. The number of nitrogens with zero attached hydrogens (tertiary/aromatic N) is 1. The summed E-state index contributed by atoms with van der Waals surface area (Å²) in [5, 5.41) is 0. The van der Waals surface area contributed by atoms with Gasteiger partial charge in [0.1, 0.15) is 19.8 Å². The lowest BCUT2D eigenvalue weighted by atomic mass is 10.0. The maximum absolute atomic E-state index is 12.6. The second-order valence-corrected chi connectivity index (χ2v) is 16.5. The van der Waals surface area contributed by atoms with Gasteiger partial charge in [-0.05, 0) is 32.1 Å². The lowest BCUT2D eigenvalue weighted by Gasteiger charge is -2.24. The summed E-state index contributed by atoms with van der Waals surface area (Å²) in [4.78, 5) is 35.2. The van der Waals surface area contributed by atoms with E-state index in [9.17, 15) is 19.0 Å². The number of esters is 2. The molecule has 0 aliphatic rings. The summed E-state index contributed by atoms with van der Waals surface area (Å²) < 4.78 is 34.2. The highest BCUT2D eigenvalue weighted by Crippen LogP contribution is 2.43. The topological polar surface area (TPSA) is 108 Å². The Labute approximate surface area is 307 Å². The number of likely N-dealkylation sites (N-methyl/N-ethyl adjacent to an activating group) is 1. The molecular weight excluding hydrogens is 653 g/mol. The van der Waals surface area contributed by atoms with Gasteiger partial charge >= 0.3 is 19.8 Å². The van der Waals surface area contributed by atoms with Crippen molar-refractivity contribution >= 4 is 19.8 Å². The lowest BCUT2D eigenvalue weighted by molar-refractivity contribution is -0.870. The number of phosphoric ester groups is 1. The van der Waals surface area contributed by atoms with Gasteiger partial charge in [0.15, 0.2) is 6.10 Å². The van der Waals surface area contributed by atoms with E-state index in [1.54, 1.807) is 0 Å². The molecule has 0 spiro atoms. The number of unbranched alkanes of at least 4 members (excludes halogenated alkanes) is 21. The molecule has 0 aliphatic heterocycles. The highest BCUT2D eigenvalue weighted by molar-refractivity contribution is 7.47. The van der Waals surface area contributed by atoms with Crippen molar-refractivity contribution in [2.45, 2.75) is 187 Å². The van der Waals surface area contributed by atoms with E-state index in [2.05, 4.69) is 26.0 Å². The van der Waals surface area contributed by atoms with Gasteiger partial charge < -0.3 is 18.9 Å². The first-order valence-electron chi connectivity index (χ1n) is 20.4. The van der Waals surface area contributed by atoms with Crippen LogP contribution in [-0.4, -0.2) is 74.9 Å². The van der Waals surface area contributed by atoms with Gasteiger partial charge in [-0.15, -0.1) is 0 Å². The summed E-state index contributed by atoms with van der Waals surface area (Å²) >= 11 is 0. The third kappa shape index (κ3) is 36.5. The largest absolute Gasteiger partial charge is 0.472 e. The molecule has 9 nitrogen and oxygen atoms in total. The predicted molar refractivity (Wildman–Crippen MR) is 206 cm³/mol. The van der Waals surface area contributed by atoms with E-state index < -0.39 is 26.5 Å². The number of carbonyl (C=O) groups excluding carboxylic acids is 2. The Balaban J connectivity index is 4.38. The van der Waals surface area contributed by atoms with Crippen LogP contribution in [0.4, 0.5) is 0 Å². The molecule has 0 fully saturated rings. The Morgan fingerprint density at radius 1 is 0.600 bits per heavy atom. The summed E-state index contributed by atoms with van der Waals surface area (Å²) in [6.07, 6.45) is 32.5. The van der Waals surface area contributed by atoms with E-state index in [0.717, 1.165) is 57.8 Å². The van der Waals surface area contributed by atoms with Gasteiger partial charge in [0.2, 0.25) is 0 Å². The van der Waals surface area contributed by atoms with Gasteiger partial charge in [-0.3, -0.25) is 18.6 Å². The van der Waals surface area contributed by atoms with Gasteiger partial charge in [-0.25, -0.2) is 4.57 Å². The Kier molecular flexibility index (Phi) is 32.7. The van der Waals surface area contributed by atoms with Gasteiger partial charge in [0, 0.05) is 12.8 Å². The molecule has 0 radical (unpaired) electrons. The van der Waals surface area contributed by atoms with Crippen molar-refractivity contribution < 1.29 is 42.1 Å². The van der Waals surface area contributed by atoms with Gasteiger partial charge in [-0.2, -0.15) is 0 Å². The number of hydrogen-bond acceptors (Lipinski definition) is 7. The third-order valence-electron chi connectivity index (χ3n) is 8.80. The summed E-state index contributed by atoms with van der Waals surface area (Å²) in [5.41, 5.74) is 0. The molecule has 0 aliphatic carbocycles. The summed E-state index contributed by atoms with van der Waals surface area (Å²) in [5.74, 6) is -0.804. The fourth-order valence-corrected chi connectivity index (χ4v) is 6.27. The summed E-state index contributed by atoms with van der Waals surface area (Å²) in [6, 6.07) is 0. The summed E-state index contributed by atoms with van der Waals surface area (Å²) in [6.45, 7) is 4.38. The minimum absolute atomic E-state index is 0.0333. The van der Waals surface area contributed by atoms with Crippen LogP contribution in [0.1, 0.15) is 181 Å². The van der Waals surface area contributed by atoms with Crippen LogP contribution in [0, 0.1) is 0 Å². The number of rotatable bonds is 37. The zero-order chi connectivity index (χ0) is 37.2. The first kappa shape index (κ1) is 48.8. The van der Waals surface area contributed by atoms with Crippen molar-refractivity contribution in [3.05, 3.63) is 12.2 Å². The molecule has 0 saturated heterocycles. The van der Waals surface area contributed by atoms with Crippen molar-refractivity contribution in [1.29, 1.82) is 0 Å². The van der Waals surface area contributed by atoms with E-state index in [1.165, 1.54) is 89.9 Å². The van der Waals surface area contributed by atoms with Crippen LogP contribution in [0.15, 0.2) is 12.2 Å². The maximum atomic E-state index is 12.6. The molecule has 0 rings (SSSR count). The SMILES string of the molecule is CCCC/C=C/CCCCCCCC(=O)OC[C@H](COP(=O)(O)OCC[N+](C)(C)C)OC(=O)CCCCCCCCCCCCCCCCC. The van der Waals surface area contributed by atoms with Crippen LogP contribution < -0.4 is 0 Å². The molecule has 0 amide bonds. The van der Waals surface area contributed by atoms with Gasteiger partial charge in [0.05, 0.1) is 27.7 Å². The zero-order valence-electron chi connectivity index (χ0n) is 33.1. The molecule has 50 heavy (non-hydrogen) atoms. The molecule has 0 aromatic carbocycles. The fraction of sp³-hybridized carbons (Fsp3) is 0.900. The van der Waals surface area contributed by atoms with E-state index in [1.807, 2.05) is 21.1 Å². The van der Waals surface area contributed by atoms with Crippen LogP contribution >= 0.6 is 7.82 Å². The zero-order valence-corrected chi connectivity index (χ0v) is 34.0. The first-order chi connectivity index (χ1) is 24.0.